The van der Waals surface area contributed by atoms with Crippen LogP contribution in [0.3, 0.4) is 0 Å². The van der Waals surface area contributed by atoms with Crippen molar-refractivity contribution < 1.29 is 19.1 Å². The first-order valence-electron chi connectivity index (χ1n) is 5.95. The Kier molecular flexibility index (Phi) is 6.06. The SMILES string of the molecule is C/C=C/C(=O)O[C@H](C)C(=O)Nc1cc(Cl)ccc1OC. The van der Waals surface area contributed by atoms with Crippen molar-refractivity contribution in [1.82, 2.24) is 0 Å². The van der Waals surface area contributed by atoms with E-state index in [4.69, 9.17) is 21.1 Å². The van der Waals surface area contributed by atoms with E-state index in [0.717, 1.165) is 0 Å². The molecule has 0 heterocycles. The van der Waals surface area contributed by atoms with E-state index in [1.807, 2.05) is 0 Å². The molecular weight excluding hydrogens is 282 g/mol. The van der Waals surface area contributed by atoms with Crippen molar-refractivity contribution in [3.05, 3.63) is 35.4 Å². The third-order valence-corrected chi connectivity index (χ3v) is 2.62. The molecule has 0 aliphatic rings. The number of hydrogen-bond acceptors (Lipinski definition) is 4. The van der Waals surface area contributed by atoms with Crippen molar-refractivity contribution in [3.63, 3.8) is 0 Å². The topological polar surface area (TPSA) is 64.6 Å². The predicted molar refractivity (Wildman–Crippen MR) is 77.0 cm³/mol. The quantitative estimate of drug-likeness (QED) is 0.670. The van der Waals surface area contributed by atoms with Crippen LogP contribution in [0, 0.1) is 0 Å². The van der Waals surface area contributed by atoms with Crippen LogP contribution in [0.4, 0.5) is 5.69 Å². The van der Waals surface area contributed by atoms with Crippen LogP contribution in [-0.2, 0) is 14.3 Å². The van der Waals surface area contributed by atoms with Gasteiger partial charge in [0.05, 0.1) is 12.8 Å². The van der Waals surface area contributed by atoms with Crippen LogP contribution in [0.25, 0.3) is 0 Å². The smallest absolute Gasteiger partial charge is 0.331 e. The lowest BCUT2D eigenvalue weighted by atomic mass is 10.2. The van der Waals surface area contributed by atoms with Gasteiger partial charge in [0.15, 0.2) is 6.10 Å². The summed E-state index contributed by atoms with van der Waals surface area (Å²) >= 11 is 5.86. The molecule has 0 aliphatic carbocycles. The van der Waals surface area contributed by atoms with Crippen LogP contribution < -0.4 is 10.1 Å². The monoisotopic (exact) mass is 297 g/mol. The Morgan fingerprint density at radius 2 is 2.10 bits per heavy atom. The van der Waals surface area contributed by atoms with Crippen molar-refractivity contribution >= 4 is 29.2 Å². The number of allylic oxidation sites excluding steroid dienone is 1. The summed E-state index contributed by atoms with van der Waals surface area (Å²) in [6.45, 7) is 3.16. The fraction of sp³-hybridized carbons (Fsp3) is 0.286. The molecule has 0 fully saturated rings. The Morgan fingerprint density at radius 1 is 1.40 bits per heavy atom. The molecule has 0 saturated heterocycles. The highest BCUT2D eigenvalue weighted by Crippen LogP contribution is 2.27. The Bertz CT molecular complexity index is 528. The molecule has 1 N–H and O–H groups in total. The van der Waals surface area contributed by atoms with E-state index < -0.39 is 18.0 Å². The molecule has 1 atom stereocenters. The Balaban J connectivity index is 2.75. The number of amides is 1. The van der Waals surface area contributed by atoms with Gasteiger partial charge in [-0.15, -0.1) is 0 Å². The lowest BCUT2D eigenvalue weighted by Crippen LogP contribution is -2.29. The maximum Gasteiger partial charge on any atom is 0.331 e. The minimum atomic E-state index is -0.928. The van der Waals surface area contributed by atoms with Crippen LogP contribution in [-0.4, -0.2) is 25.1 Å². The first-order chi connectivity index (χ1) is 9.47. The highest BCUT2D eigenvalue weighted by atomic mass is 35.5. The van der Waals surface area contributed by atoms with Gasteiger partial charge in [0.25, 0.3) is 5.91 Å². The summed E-state index contributed by atoms with van der Waals surface area (Å²) in [5.41, 5.74) is 0.416. The number of esters is 1. The minimum Gasteiger partial charge on any atom is -0.495 e. The number of methoxy groups -OCH3 is 1. The molecule has 108 valence electrons. The maximum absolute atomic E-state index is 11.9. The van der Waals surface area contributed by atoms with E-state index in [1.54, 1.807) is 25.1 Å². The number of nitrogens with one attached hydrogen (secondary N) is 1. The largest absolute Gasteiger partial charge is 0.495 e. The lowest BCUT2D eigenvalue weighted by molar-refractivity contribution is -0.148. The van der Waals surface area contributed by atoms with Gasteiger partial charge in [-0.3, -0.25) is 4.79 Å². The molecule has 0 unspecified atom stereocenters. The van der Waals surface area contributed by atoms with Gasteiger partial charge in [0.2, 0.25) is 0 Å². The third-order valence-electron chi connectivity index (χ3n) is 2.38. The fourth-order valence-corrected chi connectivity index (χ4v) is 1.59. The van der Waals surface area contributed by atoms with Gasteiger partial charge in [-0.05, 0) is 32.0 Å². The Hall–Kier alpha value is -2.01. The molecule has 6 heteroatoms. The van der Waals surface area contributed by atoms with Crippen molar-refractivity contribution in [2.45, 2.75) is 20.0 Å². The summed E-state index contributed by atoms with van der Waals surface area (Å²) in [5.74, 6) is -0.577. The van der Waals surface area contributed by atoms with E-state index >= 15 is 0 Å². The molecule has 20 heavy (non-hydrogen) atoms. The maximum atomic E-state index is 11.9. The van der Waals surface area contributed by atoms with Crippen molar-refractivity contribution in [2.24, 2.45) is 0 Å². The molecule has 0 spiro atoms. The second kappa shape index (κ2) is 7.55. The number of hydrogen-bond donors (Lipinski definition) is 1. The summed E-state index contributed by atoms with van der Waals surface area (Å²) in [6, 6.07) is 4.83. The fourth-order valence-electron chi connectivity index (χ4n) is 1.42. The zero-order valence-corrected chi connectivity index (χ0v) is 12.2. The van der Waals surface area contributed by atoms with Gasteiger partial charge in [0.1, 0.15) is 5.75 Å². The van der Waals surface area contributed by atoms with E-state index in [0.29, 0.717) is 16.5 Å². The van der Waals surface area contributed by atoms with Crippen LogP contribution in [0.2, 0.25) is 5.02 Å². The van der Waals surface area contributed by atoms with Crippen molar-refractivity contribution in [2.75, 3.05) is 12.4 Å². The molecule has 0 aliphatic heterocycles. The van der Waals surface area contributed by atoms with Gasteiger partial charge in [-0.2, -0.15) is 0 Å². The summed E-state index contributed by atoms with van der Waals surface area (Å²) in [4.78, 5) is 23.2. The minimum absolute atomic E-state index is 0.416. The highest BCUT2D eigenvalue weighted by Gasteiger charge is 2.18. The van der Waals surface area contributed by atoms with Gasteiger partial charge >= 0.3 is 5.97 Å². The molecule has 5 nitrogen and oxygen atoms in total. The zero-order chi connectivity index (χ0) is 15.1. The molecule has 0 saturated carbocycles. The van der Waals surface area contributed by atoms with Crippen molar-refractivity contribution in [1.29, 1.82) is 0 Å². The average molecular weight is 298 g/mol. The van der Waals surface area contributed by atoms with E-state index in [1.165, 1.54) is 26.2 Å². The second-order valence-electron chi connectivity index (χ2n) is 3.91. The first-order valence-corrected chi connectivity index (χ1v) is 6.33. The Morgan fingerprint density at radius 3 is 2.70 bits per heavy atom. The number of ether oxygens (including phenoxy) is 2. The van der Waals surface area contributed by atoms with Crippen LogP contribution in [0.15, 0.2) is 30.4 Å². The summed E-state index contributed by atoms with van der Waals surface area (Å²) in [7, 11) is 1.48. The average Bonchev–Trinajstić information content (AvgIpc) is 2.39. The van der Waals surface area contributed by atoms with Gasteiger partial charge in [-0.25, -0.2) is 4.79 Å². The molecular formula is C14H16ClNO4. The summed E-state index contributed by atoms with van der Waals surface area (Å²) < 4.78 is 10.0. The number of benzene rings is 1. The van der Waals surface area contributed by atoms with Gasteiger partial charge < -0.3 is 14.8 Å². The Labute approximate surface area is 122 Å². The molecule has 1 amide bonds. The normalized spacial score (nSPS) is 12.0. The third kappa shape index (κ3) is 4.59. The molecule has 1 rings (SSSR count). The molecule has 1 aromatic rings. The number of halogens is 1. The number of anilines is 1. The van der Waals surface area contributed by atoms with Gasteiger partial charge in [0, 0.05) is 11.1 Å². The lowest BCUT2D eigenvalue weighted by Gasteiger charge is -2.14. The van der Waals surface area contributed by atoms with E-state index in [2.05, 4.69) is 5.32 Å². The van der Waals surface area contributed by atoms with Crippen LogP contribution in [0.1, 0.15) is 13.8 Å². The summed E-state index contributed by atoms with van der Waals surface area (Å²) in [6.07, 6.45) is 1.85. The zero-order valence-electron chi connectivity index (χ0n) is 11.5. The number of carbonyl (C=O) groups excluding carboxylic acids is 2. The molecule has 0 aromatic heterocycles. The van der Waals surface area contributed by atoms with E-state index in [-0.39, 0.29) is 0 Å². The predicted octanol–water partition coefficient (Wildman–Crippen LogP) is 2.79. The van der Waals surface area contributed by atoms with Crippen molar-refractivity contribution in [3.8, 4) is 5.75 Å². The molecule has 1 aromatic carbocycles. The number of rotatable bonds is 5. The van der Waals surface area contributed by atoms with E-state index in [9.17, 15) is 9.59 Å². The van der Waals surface area contributed by atoms with Crippen LogP contribution in [0.5, 0.6) is 5.75 Å². The first kappa shape index (κ1) is 16.0. The molecule has 0 radical (unpaired) electrons. The summed E-state index contributed by atoms with van der Waals surface area (Å²) in [5, 5.41) is 3.06. The second-order valence-corrected chi connectivity index (χ2v) is 4.35. The molecule has 0 bridgehead atoms. The highest BCUT2D eigenvalue weighted by molar-refractivity contribution is 6.31. The van der Waals surface area contributed by atoms with Gasteiger partial charge in [-0.1, -0.05) is 17.7 Å². The standard InChI is InChI=1S/C14H16ClNO4/c1-4-5-13(17)20-9(2)14(18)16-11-8-10(15)6-7-12(11)19-3/h4-9H,1-3H3,(H,16,18)/b5-4+/t9-/m1/s1. The van der Waals surface area contributed by atoms with Crippen LogP contribution >= 0.6 is 11.6 Å². The number of carbonyl (C=O) groups is 2.